The van der Waals surface area contributed by atoms with Gasteiger partial charge in [-0.05, 0) is 43.2 Å². The van der Waals surface area contributed by atoms with E-state index in [4.69, 9.17) is 0 Å². The molecule has 2 unspecified atom stereocenters. The molecule has 3 nitrogen and oxygen atoms in total. The lowest BCUT2D eigenvalue weighted by Crippen LogP contribution is -2.24. The molecule has 202 valence electrons. The number of hydrogen-bond donors (Lipinski definition) is 0. The van der Waals surface area contributed by atoms with Gasteiger partial charge >= 0.3 is 0 Å². The molecule has 0 aliphatic rings. The fraction of sp³-hybridized carbons (Fsp3) is 0.618. The van der Waals surface area contributed by atoms with E-state index in [9.17, 15) is 5.26 Å². The summed E-state index contributed by atoms with van der Waals surface area (Å²) in [5, 5.41) is 19.0. The lowest BCUT2D eigenvalue weighted by atomic mass is 9.73. The van der Waals surface area contributed by atoms with Crippen molar-refractivity contribution < 1.29 is 0 Å². The zero-order chi connectivity index (χ0) is 26.4. The van der Waals surface area contributed by atoms with Crippen LogP contribution in [0.5, 0.6) is 0 Å². The molecule has 0 bridgehead atoms. The zero-order valence-electron chi connectivity index (χ0n) is 23.7. The molecule has 3 heteroatoms. The van der Waals surface area contributed by atoms with Crippen molar-refractivity contribution in [2.24, 2.45) is 10.2 Å². The second-order valence-corrected chi connectivity index (χ2v) is 10.7. The predicted octanol–water partition coefficient (Wildman–Crippen LogP) is 10.4. The molecule has 2 atom stereocenters. The minimum atomic E-state index is -0.368. The highest BCUT2D eigenvalue weighted by Crippen LogP contribution is 2.35. The van der Waals surface area contributed by atoms with E-state index in [2.05, 4.69) is 83.9 Å². The Balaban J connectivity index is 1.80. The molecule has 37 heavy (non-hydrogen) atoms. The summed E-state index contributed by atoms with van der Waals surface area (Å²) in [6.45, 7) is 2.28. The van der Waals surface area contributed by atoms with Gasteiger partial charge in [0.25, 0.3) is 0 Å². The zero-order valence-corrected chi connectivity index (χ0v) is 23.7. The monoisotopic (exact) mass is 501 g/mol. The fourth-order valence-corrected chi connectivity index (χ4v) is 5.47. The molecule has 0 fully saturated rings. The van der Waals surface area contributed by atoms with Crippen molar-refractivity contribution in [1.82, 2.24) is 0 Å². The molecule has 0 aliphatic heterocycles. The van der Waals surface area contributed by atoms with Gasteiger partial charge in [0.15, 0.2) is 0 Å². The Labute approximate surface area is 227 Å². The molecule has 0 aromatic heterocycles. The van der Waals surface area contributed by atoms with Crippen LogP contribution in [0.4, 0.5) is 0 Å². The largest absolute Gasteiger partial charge is 0.197 e. The van der Waals surface area contributed by atoms with Crippen molar-refractivity contribution in [3.05, 3.63) is 71.8 Å². The summed E-state index contributed by atoms with van der Waals surface area (Å²) in [6.07, 6.45) is 20.4. The van der Waals surface area contributed by atoms with E-state index in [1.54, 1.807) is 7.05 Å². The molecule has 0 saturated carbocycles. The average Bonchev–Trinajstić information content (AvgIpc) is 2.95. The van der Waals surface area contributed by atoms with Crippen molar-refractivity contribution in [2.45, 2.75) is 128 Å². The molecule has 0 N–H and O–H groups in total. The predicted molar refractivity (Wildman–Crippen MR) is 158 cm³/mol. The summed E-state index contributed by atoms with van der Waals surface area (Å²) in [5.74, 6) is 0. The number of benzene rings is 2. The first-order chi connectivity index (χ1) is 18.2. The highest BCUT2D eigenvalue weighted by molar-refractivity contribution is 5.32. The summed E-state index contributed by atoms with van der Waals surface area (Å²) in [4.78, 5) is 0. The van der Waals surface area contributed by atoms with Crippen LogP contribution in [0, 0.1) is 11.3 Å². The van der Waals surface area contributed by atoms with Crippen LogP contribution in [0.3, 0.4) is 0 Å². The van der Waals surface area contributed by atoms with Gasteiger partial charge in [0, 0.05) is 7.05 Å². The second kappa shape index (κ2) is 19.6. The summed E-state index contributed by atoms with van der Waals surface area (Å²) in [6, 6.07) is 24.2. The third-order valence-corrected chi connectivity index (χ3v) is 7.78. The third-order valence-electron chi connectivity index (χ3n) is 7.78. The lowest BCUT2D eigenvalue weighted by Gasteiger charge is -2.28. The van der Waals surface area contributed by atoms with E-state index in [1.807, 2.05) is 0 Å². The number of aryl methyl sites for hydroxylation is 1. The number of azo groups is 1. The quantitative estimate of drug-likeness (QED) is 0.124. The Bertz CT molecular complexity index is 871. The highest BCUT2D eigenvalue weighted by Gasteiger charge is 2.31. The molecule has 0 heterocycles. The maximum Gasteiger partial charge on any atom is 0.0822 e. The molecule has 0 spiro atoms. The van der Waals surface area contributed by atoms with Gasteiger partial charge in [0.1, 0.15) is 0 Å². The van der Waals surface area contributed by atoms with Gasteiger partial charge in [-0.2, -0.15) is 15.5 Å². The van der Waals surface area contributed by atoms with Crippen LogP contribution in [-0.2, 0) is 11.8 Å². The number of hydrogen-bond acceptors (Lipinski definition) is 3. The summed E-state index contributed by atoms with van der Waals surface area (Å²) >= 11 is 0. The third kappa shape index (κ3) is 12.6. The van der Waals surface area contributed by atoms with E-state index in [1.165, 1.54) is 68.9 Å². The van der Waals surface area contributed by atoms with Gasteiger partial charge in [-0.1, -0.05) is 145 Å². The maximum absolute atomic E-state index is 10.4. The summed E-state index contributed by atoms with van der Waals surface area (Å²) in [7, 11) is 1.78. The van der Waals surface area contributed by atoms with Crippen LogP contribution in [0.1, 0.15) is 121 Å². The van der Waals surface area contributed by atoms with Crippen LogP contribution >= 0.6 is 0 Å². The van der Waals surface area contributed by atoms with Gasteiger partial charge in [-0.15, -0.1) is 0 Å². The Morgan fingerprint density at radius 3 is 1.81 bits per heavy atom. The molecule has 2 rings (SSSR count). The molecule has 0 radical (unpaired) electrons. The molecular weight excluding hydrogens is 450 g/mol. The van der Waals surface area contributed by atoms with Crippen LogP contribution in [-0.4, -0.2) is 13.1 Å². The number of unbranched alkanes of at least 4 members (excludes halogenated alkanes) is 10. The van der Waals surface area contributed by atoms with Crippen LogP contribution < -0.4 is 0 Å². The fourth-order valence-electron chi connectivity index (χ4n) is 5.47. The topological polar surface area (TPSA) is 48.5 Å². The highest BCUT2D eigenvalue weighted by atomic mass is 15.1. The van der Waals surface area contributed by atoms with E-state index in [-0.39, 0.29) is 11.5 Å². The minimum absolute atomic E-state index is 0.264. The van der Waals surface area contributed by atoms with Gasteiger partial charge in [0.2, 0.25) is 0 Å². The molecule has 0 saturated heterocycles. The molecule has 2 aromatic rings. The molecule has 0 aliphatic carbocycles. The first-order valence-corrected chi connectivity index (χ1v) is 15.0. The van der Waals surface area contributed by atoms with Crippen molar-refractivity contribution in [2.75, 3.05) is 7.05 Å². The molecule has 2 aromatic carbocycles. The van der Waals surface area contributed by atoms with Crippen LogP contribution in [0.25, 0.3) is 0 Å². The van der Waals surface area contributed by atoms with Gasteiger partial charge in [0.05, 0.1) is 17.5 Å². The number of nitrogens with zero attached hydrogens (tertiary/aromatic N) is 3. The normalized spacial score (nSPS) is 13.9. The standard InChI is InChI=1S/C34H51N3/c1-3-4-5-6-7-8-9-10-11-19-28-34(30-35,32-23-16-13-17-24-32)29-20-18-25-33(37-36-2)27-26-31-21-14-12-15-22-31/h12-17,21-24,33H,3-11,18-20,25-29H2,1-2H3. The first-order valence-electron chi connectivity index (χ1n) is 15.0. The average molecular weight is 502 g/mol. The Kier molecular flexibility index (Phi) is 16.3. The minimum Gasteiger partial charge on any atom is -0.197 e. The van der Waals surface area contributed by atoms with E-state index < -0.39 is 0 Å². The van der Waals surface area contributed by atoms with E-state index in [0.29, 0.717) is 0 Å². The van der Waals surface area contributed by atoms with E-state index in [0.717, 1.165) is 51.4 Å². The Hall–Kier alpha value is -2.47. The van der Waals surface area contributed by atoms with Gasteiger partial charge in [-0.3, -0.25) is 0 Å². The van der Waals surface area contributed by atoms with E-state index >= 15 is 0 Å². The smallest absolute Gasteiger partial charge is 0.0822 e. The summed E-state index contributed by atoms with van der Waals surface area (Å²) < 4.78 is 0. The van der Waals surface area contributed by atoms with Gasteiger partial charge in [-0.25, -0.2) is 0 Å². The van der Waals surface area contributed by atoms with Crippen LogP contribution in [0.2, 0.25) is 0 Å². The first kappa shape index (κ1) is 30.8. The number of rotatable bonds is 21. The second-order valence-electron chi connectivity index (χ2n) is 10.7. The molecule has 0 amide bonds. The summed E-state index contributed by atoms with van der Waals surface area (Å²) in [5.41, 5.74) is 2.19. The number of nitriles is 1. The Morgan fingerprint density at radius 1 is 0.703 bits per heavy atom. The Morgan fingerprint density at radius 2 is 1.24 bits per heavy atom. The lowest BCUT2D eigenvalue weighted by molar-refractivity contribution is 0.404. The van der Waals surface area contributed by atoms with Crippen molar-refractivity contribution in [1.29, 1.82) is 5.26 Å². The van der Waals surface area contributed by atoms with Crippen molar-refractivity contribution in [3.63, 3.8) is 0 Å². The SMILES string of the molecule is CCCCCCCCCCCCC(C#N)(CCCCC(CCc1ccccc1)N=NC)c1ccccc1. The van der Waals surface area contributed by atoms with Gasteiger partial charge < -0.3 is 0 Å². The molecular formula is C34H51N3. The van der Waals surface area contributed by atoms with Crippen LogP contribution in [0.15, 0.2) is 70.9 Å². The maximum atomic E-state index is 10.4. The van der Waals surface area contributed by atoms with Crippen molar-refractivity contribution >= 4 is 0 Å². The van der Waals surface area contributed by atoms with Crippen molar-refractivity contribution in [3.8, 4) is 6.07 Å².